The fourth-order valence-corrected chi connectivity index (χ4v) is 3.35. The molecule has 0 fully saturated rings. The molecule has 1 aromatic heterocycles. The molecule has 3 nitrogen and oxygen atoms in total. The minimum atomic E-state index is 0.734. The first-order valence-electron chi connectivity index (χ1n) is 6.17. The fourth-order valence-electron chi connectivity index (χ4n) is 1.93. The maximum Gasteiger partial charge on any atom is 0.184 e. The van der Waals surface area contributed by atoms with E-state index in [4.69, 9.17) is 4.74 Å². The lowest BCUT2D eigenvalue weighted by atomic mass is 10.2. The number of halogens is 1. The zero-order valence-electron chi connectivity index (χ0n) is 10.9. The third-order valence-corrected chi connectivity index (χ3v) is 4.40. The minimum absolute atomic E-state index is 0.734. The topological polar surface area (TPSA) is 34.1 Å². The summed E-state index contributed by atoms with van der Waals surface area (Å²) in [4.78, 5) is 4.57. The number of hydrogen-bond acceptors (Lipinski definition) is 4. The highest BCUT2D eigenvalue weighted by Crippen LogP contribution is 2.28. The highest BCUT2D eigenvalue weighted by atomic mass is 79.9. The lowest BCUT2D eigenvalue weighted by Crippen LogP contribution is -1.98. The lowest BCUT2D eigenvalue weighted by Gasteiger charge is -2.05. The Labute approximate surface area is 129 Å². The second-order valence-corrected chi connectivity index (χ2v) is 6.28. The lowest BCUT2D eigenvalue weighted by molar-refractivity contribution is 0.414. The van der Waals surface area contributed by atoms with Crippen molar-refractivity contribution in [1.82, 2.24) is 4.98 Å². The highest BCUT2D eigenvalue weighted by molar-refractivity contribution is 9.10. The molecule has 0 aliphatic rings. The van der Waals surface area contributed by atoms with Crippen LogP contribution in [0, 0.1) is 0 Å². The summed E-state index contributed by atoms with van der Waals surface area (Å²) >= 11 is 5.13. The van der Waals surface area contributed by atoms with Crippen LogP contribution in [0.1, 0.15) is 5.56 Å². The monoisotopic (exact) mass is 348 g/mol. The van der Waals surface area contributed by atoms with Gasteiger partial charge in [-0.15, -0.1) is 0 Å². The molecule has 20 heavy (non-hydrogen) atoms. The normalized spacial score (nSPS) is 10.7. The molecular weight excluding hydrogens is 336 g/mol. The first-order valence-corrected chi connectivity index (χ1v) is 7.78. The van der Waals surface area contributed by atoms with Crippen molar-refractivity contribution >= 4 is 42.6 Å². The Morgan fingerprint density at radius 1 is 1.25 bits per heavy atom. The Balaban J connectivity index is 1.76. The number of fused-ring (bicyclic) bond motifs is 1. The molecule has 0 saturated heterocycles. The Morgan fingerprint density at radius 2 is 2.15 bits per heavy atom. The van der Waals surface area contributed by atoms with E-state index < -0.39 is 0 Å². The number of thiazole rings is 1. The van der Waals surface area contributed by atoms with E-state index in [0.29, 0.717) is 0 Å². The number of benzene rings is 2. The van der Waals surface area contributed by atoms with Crippen LogP contribution in [0.4, 0.5) is 5.13 Å². The minimum Gasteiger partial charge on any atom is -0.497 e. The molecule has 5 heteroatoms. The number of aromatic nitrogens is 1. The third-order valence-electron chi connectivity index (χ3n) is 2.93. The van der Waals surface area contributed by atoms with Gasteiger partial charge in [-0.3, -0.25) is 0 Å². The van der Waals surface area contributed by atoms with Crippen LogP contribution < -0.4 is 10.1 Å². The number of hydrogen-bond donors (Lipinski definition) is 1. The van der Waals surface area contributed by atoms with Gasteiger partial charge in [0.15, 0.2) is 5.13 Å². The zero-order valence-corrected chi connectivity index (χ0v) is 13.3. The molecule has 0 bridgehead atoms. The Bertz CT molecular complexity index is 742. The van der Waals surface area contributed by atoms with Gasteiger partial charge in [0.25, 0.3) is 0 Å². The molecule has 2 aromatic carbocycles. The van der Waals surface area contributed by atoms with Crippen molar-refractivity contribution in [3.63, 3.8) is 0 Å². The molecule has 3 aromatic rings. The Morgan fingerprint density at radius 3 is 3.00 bits per heavy atom. The summed E-state index contributed by atoms with van der Waals surface area (Å²) in [5.41, 5.74) is 2.19. The molecule has 0 spiro atoms. The van der Waals surface area contributed by atoms with Gasteiger partial charge in [-0.05, 0) is 35.9 Å². The smallest absolute Gasteiger partial charge is 0.184 e. The number of methoxy groups -OCH3 is 1. The summed E-state index contributed by atoms with van der Waals surface area (Å²) in [6, 6.07) is 14.1. The van der Waals surface area contributed by atoms with E-state index in [0.717, 1.165) is 27.4 Å². The summed E-state index contributed by atoms with van der Waals surface area (Å²) in [6.45, 7) is 0.734. The number of rotatable bonds is 4. The first-order chi connectivity index (χ1) is 9.74. The molecule has 0 atom stereocenters. The molecule has 1 heterocycles. The van der Waals surface area contributed by atoms with Gasteiger partial charge in [-0.1, -0.05) is 39.4 Å². The van der Waals surface area contributed by atoms with Crippen LogP contribution in [0.15, 0.2) is 46.9 Å². The second-order valence-electron chi connectivity index (χ2n) is 4.34. The summed E-state index contributed by atoms with van der Waals surface area (Å²) < 4.78 is 7.47. The third kappa shape index (κ3) is 2.94. The second kappa shape index (κ2) is 5.81. The molecule has 0 radical (unpaired) electrons. The maximum atomic E-state index is 5.22. The number of ether oxygens (including phenoxy) is 1. The molecular formula is C15H13BrN2OS. The van der Waals surface area contributed by atoms with Crippen LogP contribution >= 0.6 is 27.3 Å². The molecule has 0 amide bonds. The van der Waals surface area contributed by atoms with Crippen molar-refractivity contribution in [2.24, 2.45) is 0 Å². The highest BCUT2D eigenvalue weighted by Gasteiger charge is 2.04. The molecule has 0 aliphatic heterocycles. The van der Waals surface area contributed by atoms with Crippen LogP contribution in [0.3, 0.4) is 0 Å². The average Bonchev–Trinajstić information content (AvgIpc) is 2.87. The maximum absolute atomic E-state index is 5.22. The predicted molar refractivity (Wildman–Crippen MR) is 87.6 cm³/mol. The molecule has 0 aliphatic carbocycles. The van der Waals surface area contributed by atoms with Crippen molar-refractivity contribution in [3.05, 3.63) is 52.5 Å². The van der Waals surface area contributed by atoms with E-state index in [9.17, 15) is 0 Å². The molecule has 3 rings (SSSR count). The molecule has 0 saturated carbocycles. The van der Waals surface area contributed by atoms with Crippen molar-refractivity contribution in [2.45, 2.75) is 6.54 Å². The standard InChI is InChI=1S/C15H13BrN2OS/c1-19-12-4-2-3-10(7-12)9-17-15-18-13-6-5-11(16)8-14(13)20-15/h2-8H,9H2,1H3,(H,17,18). The van der Waals surface area contributed by atoms with Crippen LogP contribution in [0.25, 0.3) is 10.2 Å². The quantitative estimate of drug-likeness (QED) is 0.743. The van der Waals surface area contributed by atoms with Crippen LogP contribution in [0.5, 0.6) is 5.75 Å². The van der Waals surface area contributed by atoms with Crippen molar-refractivity contribution in [1.29, 1.82) is 0 Å². The van der Waals surface area contributed by atoms with Crippen LogP contribution in [-0.4, -0.2) is 12.1 Å². The van der Waals surface area contributed by atoms with Gasteiger partial charge < -0.3 is 10.1 Å². The van der Waals surface area contributed by atoms with Gasteiger partial charge in [0, 0.05) is 11.0 Å². The van der Waals surface area contributed by atoms with Gasteiger partial charge in [-0.2, -0.15) is 0 Å². The first kappa shape index (κ1) is 13.4. The van der Waals surface area contributed by atoms with E-state index in [1.807, 2.05) is 30.3 Å². The number of anilines is 1. The fraction of sp³-hybridized carbons (Fsp3) is 0.133. The summed E-state index contributed by atoms with van der Waals surface area (Å²) in [5, 5.41) is 4.29. The van der Waals surface area contributed by atoms with E-state index in [1.165, 1.54) is 10.3 Å². The SMILES string of the molecule is COc1cccc(CNc2nc3ccc(Br)cc3s2)c1. The summed E-state index contributed by atoms with van der Waals surface area (Å²) in [6.07, 6.45) is 0. The molecule has 1 N–H and O–H groups in total. The van der Waals surface area contributed by atoms with Crippen molar-refractivity contribution in [2.75, 3.05) is 12.4 Å². The van der Waals surface area contributed by atoms with Crippen LogP contribution in [0.2, 0.25) is 0 Å². The predicted octanol–water partition coefficient (Wildman–Crippen LogP) is 4.68. The van der Waals surface area contributed by atoms with Gasteiger partial charge in [0.05, 0.1) is 17.3 Å². The summed E-state index contributed by atoms with van der Waals surface area (Å²) in [7, 11) is 1.68. The zero-order chi connectivity index (χ0) is 13.9. The van der Waals surface area contributed by atoms with Gasteiger partial charge in [0.2, 0.25) is 0 Å². The summed E-state index contributed by atoms with van der Waals surface area (Å²) in [5.74, 6) is 0.873. The average molecular weight is 349 g/mol. The van der Waals surface area contributed by atoms with E-state index in [-0.39, 0.29) is 0 Å². The largest absolute Gasteiger partial charge is 0.497 e. The van der Waals surface area contributed by atoms with Crippen molar-refractivity contribution < 1.29 is 4.74 Å². The molecule has 102 valence electrons. The van der Waals surface area contributed by atoms with E-state index >= 15 is 0 Å². The van der Waals surface area contributed by atoms with Gasteiger partial charge >= 0.3 is 0 Å². The number of nitrogens with zero attached hydrogens (tertiary/aromatic N) is 1. The van der Waals surface area contributed by atoms with E-state index in [1.54, 1.807) is 18.4 Å². The van der Waals surface area contributed by atoms with Gasteiger partial charge in [0.1, 0.15) is 5.75 Å². The van der Waals surface area contributed by atoms with Crippen LogP contribution in [-0.2, 0) is 6.54 Å². The van der Waals surface area contributed by atoms with Gasteiger partial charge in [-0.25, -0.2) is 4.98 Å². The Kier molecular flexibility index (Phi) is 3.89. The number of nitrogens with one attached hydrogen (secondary N) is 1. The Hall–Kier alpha value is -1.59. The van der Waals surface area contributed by atoms with E-state index in [2.05, 4.69) is 38.4 Å². The molecule has 0 unspecified atom stereocenters. The van der Waals surface area contributed by atoms with Crippen molar-refractivity contribution in [3.8, 4) is 5.75 Å².